The number of benzene rings is 2. The predicted molar refractivity (Wildman–Crippen MR) is 96.1 cm³/mol. The van der Waals surface area contributed by atoms with E-state index in [-0.39, 0.29) is 11.8 Å². The van der Waals surface area contributed by atoms with Gasteiger partial charge in [-0.15, -0.1) is 0 Å². The second-order valence-corrected chi connectivity index (χ2v) is 7.16. The van der Waals surface area contributed by atoms with Crippen LogP contribution in [-0.4, -0.2) is 5.91 Å². The van der Waals surface area contributed by atoms with Crippen LogP contribution in [0.4, 0.5) is 5.69 Å². The molecule has 0 aromatic heterocycles. The van der Waals surface area contributed by atoms with Crippen LogP contribution < -0.4 is 10.4 Å². The smallest absolute Gasteiger partial charge is 0.241 e. The van der Waals surface area contributed by atoms with Gasteiger partial charge < -0.3 is 0 Å². The third kappa shape index (κ3) is 3.16. The van der Waals surface area contributed by atoms with Gasteiger partial charge in [-0.1, -0.05) is 55.0 Å². The van der Waals surface area contributed by atoms with Gasteiger partial charge in [0, 0.05) is 5.92 Å². The van der Waals surface area contributed by atoms with Crippen LogP contribution in [0.25, 0.3) is 0 Å². The maximum Gasteiger partial charge on any atom is 0.241 e. The molecule has 4 rings (SSSR count). The number of hydrogen-bond donors (Lipinski definition) is 1. The highest BCUT2D eigenvalue weighted by Crippen LogP contribution is 2.48. The van der Waals surface area contributed by atoms with Crippen molar-refractivity contribution in [3.05, 3.63) is 66.2 Å². The number of nitrogens with zero attached hydrogens (tertiary/aromatic N) is 1. The molecule has 2 aromatic rings. The molecule has 0 unspecified atom stereocenters. The van der Waals surface area contributed by atoms with E-state index in [0.29, 0.717) is 12.5 Å². The fourth-order valence-corrected chi connectivity index (χ4v) is 4.35. The topological polar surface area (TPSA) is 32.3 Å². The van der Waals surface area contributed by atoms with E-state index in [9.17, 15) is 4.79 Å². The minimum atomic E-state index is 0.196. The molecule has 0 radical (unpaired) electrons. The molecule has 2 bridgehead atoms. The summed E-state index contributed by atoms with van der Waals surface area (Å²) in [7, 11) is 0. The second kappa shape index (κ2) is 6.68. The monoisotopic (exact) mass is 320 g/mol. The van der Waals surface area contributed by atoms with Crippen molar-refractivity contribution in [2.45, 2.75) is 32.2 Å². The fourth-order valence-electron chi connectivity index (χ4n) is 4.35. The number of nitrogens with one attached hydrogen (secondary N) is 1. The number of rotatable bonds is 5. The van der Waals surface area contributed by atoms with Crippen LogP contribution in [0.5, 0.6) is 0 Å². The first kappa shape index (κ1) is 15.3. The highest BCUT2D eigenvalue weighted by Gasteiger charge is 2.43. The average Bonchev–Trinajstić information content (AvgIpc) is 3.26. The summed E-state index contributed by atoms with van der Waals surface area (Å²) in [5, 5.41) is 1.99. The minimum Gasteiger partial charge on any atom is -0.281 e. The van der Waals surface area contributed by atoms with Gasteiger partial charge in [-0.05, 0) is 48.8 Å². The van der Waals surface area contributed by atoms with Gasteiger partial charge in [0.15, 0.2) is 0 Å². The van der Waals surface area contributed by atoms with Gasteiger partial charge in [-0.2, -0.15) is 0 Å². The largest absolute Gasteiger partial charge is 0.281 e. The predicted octanol–water partition coefficient (Wildman–Crippen LogP) is 4.16. The van der Waals surface area contributed by atoms with Crippen molar-refractivity contribution < 1.29 is 4.79 Å². The van der Waals surface area contributed by atoms with Gasteiger partial charge in [0.1, 0.15) is 0 Å². The standard InChI is InChI=1S/C21H24N2O/c24-21(20-14-17-11-12-18(20)13-17)22-23(19-9-5-2-6-10-19)15-16-7-3-1-4-8-16/h1-10,17-18,20H,11-15H2,(H,22,24)/t17-,18-,20-/m0/s1. The zero-order valence-corrected chi connectivity index (χ0v) is 13.9. The summed E-state index contributed by atoms with van der Waals surface area (Å²) in [4.78, 5) is 12.9. The Morgan fingerprint density at radius 2 is 1.67 bits per heavy atom. The molecule has 1 amide bonds. The molecule has 1 N–H and O–H groups in total. The average molecular weight is 320 g/mol. The summed E-state index contributed by atoms with van der Waals surface area (Å²) in [6.07, 6.45) is 4.88. The van der Waals surface area contributed by atoms with Crippen molar-refractivity contribution in [3.63, 3.8) is 0 Å². The molecule has 3 heteroatoms. The van der Waals surface area contributed by atoms with Gasteiger partial charge in [0.05, 0.1) is 12.2 Å². The van der Waals surface area contributed by atoms with Crippen molar-refractivity contribution in [1.82, 2.24) is 5.43 Å². The molecule has 0 heterocycles. The van der Waals surface area contributed by atoms with Gasteiger partial charge in [0.25, 0.3) is 0 Å². The lowest BCUT2D eigenvalue weighted by Crippen LogP contribution is -2.46. The van der Waals surface area contributed by atoms with E-state index in [1.165, 1.54) is 24.8 Å². The summed E-state index contributed by atoms with van der Waals surface area (Å²) >= 11 is 0. The Kier molecular flexibility index (Phi) is 4.24. The van der Waals surface area contributed by atoms with Crippen molar-refractivity contribution in [3.8, 4) is 0 Å². The molecule has 24 heavy (non-hydrogen) atoms. The van der Waals surface area contributed by atoms with E-state index in [0.717, 1.165) is 18.0 Å². The molecular weight excluding hydrogens is 296 g/mol. The quantitative estimate of drug-likeness (QED) is 0.839. The highest BCUT2D eigenvalue weighted by atomic mass is 16.2. The molecule has 2 aliphatic rings. The Bertz CT molecular complexity index is 685. The Morgan fingerprint density at radius 1 is 0.958 bits per heavy atom. The normalized spacial score (nSPS) is 24.8. The third-order valence-electron chi connectivity index (χ3n) is 5.57. The third-order valence-corrected chi connectivity index (χ3v) is 5.57. The Balaban J connectivity index is 1.51. The molecule has 2 fully saturated rings. The van der Waals surface area contributed by atoms with Crippen LogP contribution in [0.2, 0.25) is 0 Å². The van der Waals surface area contributed by atoms with E-state index in [2.05, 4.69) is 17.6 Å². The van der Waals surface area contributed by atoms with Crippen LogP contribution in [0.15, 0.2) is 60.7 Å². The van der Waals surface area contributed by atoms with Gasteiger partial charge in [0.2, 0.25) is 5.91 Å². The van der Waals surface area contributed by atoms with E-state index < -0.39 is 0 Å². The number of carbonyl (C=O) groups excluding carboxylic acids is 1. The number of carbonyl (C=O) groups is 1. The molecule has 0 spiro atoms. The van der Waals surface area contributed by atoms with Crippen molar-refractivity contribution in [2.24, 2.45) is 17.8 Å². The minimum absolute atomic E-state index is 0.196. The zero-order chi connectivity index (χ0) is 16.4. The molecule has 3 nitrogen and oxygen atoms in total. The van der Waals surface area contributed by atoms with E-state index >= 15 is 0 Å². The number of para-hydroxylation sites is 1. The second-order valence-electron chi connectivity index (χ2n) is 7.16. The summed E-state index contributed by atoms with van der Waals surface area (Å²) < 4.78 is 0. The van der Waals surface area contributed by atoms with E-state index in [1.807, 2.05) is 53.5 Å². The number of anilines is 1. The van der Waals surface area contributed by atoms with Crippen LogP contribution in [0, 0.1) is 17.8 Å². The van der Waals surface area contributed by atoms with E-state index in [1.54, 1.807) is 0 Å². The lowest BCUT2D eigenvalue weighted by molar-refractivity contribution is -0.126. The van der Waals surface area contributed by atoms with Crippen LogP contribution >= 0.6 is 0 Å². The first-order chi connectivity index (χ1) is 11.8. The number of hydrogen-bond acceptors (Lipinski definition) is 2. The Morgan fingerprint density at radius 3 is 2.29 bits per heavy atom. The van der Waals surface area contributed by atoms with Gasteiger partial charge in [-0.3, -0.25) is 15.2 Å². The summed E-state index contributed by atoms with van der Waals surface area (Å²) in [6, 6.07) is 20.4. The SMILES string of the molecule is O=C(NN(Cc1ccccc1)c1ccccc1)[C@H]1C[C@H]2CC[C@H]1C2. The number of amides is 1. The van der Waals surface area contributed by atoms with Crippen molar-refractivity contribution in [2.75, 3.05) is 5.01 Å². The molecule has 124 valence electrons. The molecule has 2 saturated carbocycles. The molecular formula is C21H24N2O. The van der Waals surface area contributed by atoms with Crippen LogP contribution in [-0.2, 0) is 11.3 Å². The highest BCUT2D eigenvalue weighted by molar-refractivity contribution is 5.81. The van der Waals surface area contributed by atoms with Gasteiger partial charge in [-0.25, -0.2) is 0 Å². The number of fused-ring (bicyclic) bond motifs is 2. The first-order valence-electron chi connectivity index (χ1n) is 8.96. The van der Waals surface area contributed by atoms with Crippen LogP contribution in [0.1, 0.15) is 31.2 Å². The summed E-state index contributed by atoms with van der Waals surface area (Å²) in [5.41, 5.74) is 5.42. The fraction of sp³-hybridized carbons (Fsp3) is 0.381. The first-order valence-corrected chi connectivity index (χ1v) is 8.96. The molecule has 2 aromatic carbocycles. The molecule has 0 aliphatic heterocycles. The Labute approximate surface area is 143 Å². The molecule has 0 saturated heterocycles. The van der Waals surface area contributed by atoms with E-state index in [4.69, 9.17) is 0 Å². The van der Waals surface area contributed by atoms with Crippen molar-refractivity contribution in [1.29, 1.82) is 0 Å². The van der Waals surface area contributed by atoms with Gasteiger partial charge >= 0.3 is 0 Å². The van der Waals surface area contributed by atoms with Crippen molar-refractivity contribution >= 4 is 11.6 Å². The summed E-state index contributed by atoms with van der Waals surface area (Å²) in [6.45, 7) is 0.678. The number of hydrazine groups is 1. The van der Waals surface area contributed by atoms with Crippen LogP contribution in [0.3, 0.4) is 0 Å². The maximum atomic E-state index is 12.9. The maximum absolute atomic E-state index is 12.9. The Hall–Kier alpha value is -2.29. The molecule has 3 atom stereocenters. The zero-order valence-electron chi connectivity index (χ0n) is 13.9. The lowest BCUT2D eigenvalue weighted by Gasteiger charge is -2.29. The summed E-state index contributed by atoms with van der Waals surface area (Å²) in [5.74, 6) is 1.78. The molecule has 2 aliphatic carbocycles. The lowest BCUT2D eigenvalue weighted by atomic mass is 9.88.